The number of hydrogen-bond acceptors (Lipinski definition) is 2. The van der Waals surface area contributed by atoms with E-state index in [1.54, 1.807) is 0 Å². The Labute approximate surface area is 124 Å². The Balaban J connectivity index is 2.22. The molecule has 0 atom stereocenters. The monoisotopic (exact) mass is 323 g/mol. The summed E-state index contributed by atoms with van der Waals surface area (Å²) in [5.74, 6) is 0. The smallest absolute Gasteiger partial charge is 0.0702 e. The van der Waals surface area contributed by atoms with Gasteiger partial charge in [-0.3, -0.25) is 0 Å². The van der Waals surface area contributed by atoms with E-state index in [2.05, 4.69) is 53.7 Å². The van der Waals surface area contributed by atoms with Crippen LogP contribution < -0.4 is 4.90 Å². The van der Waals surface area contributed by atoms with E-state index in [-0.39, 0.29) is 12.0 Å². The molecule has 1 heterocycles. The van der Waals surface area contributed by atoms with Gasteiger partial charge in [-0.25, -0.2) is 0 Å². The van der Waals surface area contributed by atoms with Gasteiger partial charge >= 0.3 is 0 Å². The maximum absolute atomic E-state index is 9.46. The van der Waals surface area contributed by atoms with Crippen LogP contribution in [0.2, 0.25) is 0 Å². The van der Waals surface area contributed by atoms with E-state index in [4.69, 9.17) is 0 Å². The molecule has 1 aliphatic rings. The van der Waals surface area contributed by atoms with Crippen molar-refractivity contribution < 1.29 is 5.11 Å². The van der Waals surface area contributed by atoms with Gasteiger partial charge in [-0.05, 0) is 24.0 Å². The number of nitrogens with zero attached hydrogens (tertiary/aromatic N) is 1. The molecule has 0 radical (unpaired) electrons. The molecule has 2 nitrogen and oxygen atoms in total. The Bertz CT molecular complexity index is 488. The lowest BCUT2D eigenvalue weighted by Gasteiger charge is -2.34. The first-order valence-corrected chi connectivity index (χ1v) is 7.55. The molecule has 0 spiro atoms. The van der Waals surface area contributed by atoms with Crippen LogP contribution in [0, 0.1) is 5.41 Å². The van der Waals surface area contributed by atoms with Gasteiger partial charge < -0.3 is 10.0 Å². The molecule has 1 N–H and O–H groups in total. The molecule has 1 aromatic rings. The summed E-state index contributed by atoms with van der Waals surface area (Å²) >= 11 is 3.51. The normalized spacial score (nSPS) is 16.5. The van der Waals surface area contributed by atoms with Crippen molar-refractivity contribution >= 4 is 21.6 Å². The number of aliphatic hydroxyl groups is 1. The standard InChI is InChI=1S/C16H22BrNO/c1-16(2,3)13-6-8-18(9-7-13)15-10-14(17)5-4-12(15)11-19/h4-6,10,19H,7-9,11H2,1-3H3. The lowest BCUT2D eigenvalue weighted by atomic mass is 9.83. The average Bonchev–Trinajstić information content (AvgIpc) is 2.38. The van der Waals surface area contributed by atoms with Crippen LogP contribution >= 0.6 is 15.9 Å². The van der Waals surface area contributed by atoms with Crippen LogP contribution in [-0.2, 0) is 6.61 Å². The summed E-state index contributed by atoms with van der Waals surface area (Å²) < 4.78 is 1.06. The molecule has 1 aliphatic heterocycles. The highest BCUT2D eigenvalue weighted by Gasteiger charge is 2.22. The molecule has 0 saturated heterocycles. The van der Waals surface area contributed by atoms with E-state index < -0.39 is 0 Å². The second-order valence-corrected chi connectivity index (χ2v) is 7.02. The number of benzene rings is 1. The van der Waals surface area contributed by atoms with Gasteiger partial charge in [0.15, 0.2) is 0 Å². The van der Waals surface area contributed by atoms with Crippen molar-refractivity contribution in [2.24, 2.45) is 5.41 Å². The number of rotatable bonds is 2. The van der Waals surface area contributed by atoms with E-state index in [0.717, 1.165) is 35.2 Å². The topological polar surface area (TPSA) is 23.5 Å². The fourth-order valence-electron chi connectivity index (χ4n) is 2.53. The highest BCUT2D eigenvalue weighted by atomic mass is 79.9. The molecule has 3 heteroatoms. The minimum Gasteiger partial charge on any atom is -0.392 e. The minimum absolute atomic E-state index is 0.0922. The molecule has 0 bridgehead atoms. The second-order valence-electron chi connectivity index (χ2n) is 6.11. The van der Waals surface area contributed by atoms with E-state index in [0.29, 0.717) is 0 Å². The number of anilines is 1. The number of halogens is 1. The van der Waals surface area contributed by atoms with Crippen LogP contribution in [-0.4, -0.2) is 18.2 Å². The van der Waals surface area contributed by atoms with Gasteiger partial charge in [0.1, 0.15) is 0 Å². The van der Waals surface area contributed by atoms with Gasteiger partial charge in [-0.2, -0.15) is 0 Å². The molecule has 0 aliphatic carbocycles. The van der Waals surface area contributed by atoms with Crippen molar-refractivity contribution in [2.45, 2.75) is 33.8 Å². The Hall–Kier alpha value is -0.800. The summed E-state index contributed by atoms with van der Waals surface area (Å²) in [6, 6.07) is 6.07. The fourth-order valence-corrected chi connectivity index (χ4v) is 2.88. The van der Waals surface area contributed by atoms with Crippen molar-refractivity contribution in [2.75, 3.05) is 18.0 Å². The molecule has 104 valence electrons. The third kappa shape index (κ3) is 3.40. The Morgan fingerprint density at radius 1 is 1.32 bits per heavy atom. The zero-order valence-electron chi connectivity index (χ0n) is 11.9. The summed E-state index contributed by atoms with van der Waals surface area (Å²) in [7, 11) is 0. The summed E-state index contributed by atoms with van der Waals surface area (Å²) in [5, 5.41) is 9.46. The van der Waals surface area contributed by atoms with Crippen molar-refractivity contribution in [3.63, 3.8) is 0 Å². The van der Waals surface area contributed by atoms with Gasteiger partial charge in [0, 0.05) is 28.8 Å². The molecule has 0 saturated carbocycles. The van der Waals surface area contributed by atoms with E-state index >= 15 is 0 Å². The van der Waals surface area contributed by atoms with Gasteiger partial charge in [-0.1, -0.05) is 54.4 Å². The van der Waals surface area contributed by atoms with Crippen LogP contribution in [0.5, 0.6) is 0 Å². The predicted molar refractivity (Wildman–Crippen MR) is 84.4 cm³/mol. The van der Waals surface area contributed by atoms with Gasteiger partial charge in [-0.15, -0.1) is 0 Å². The van der Waals surface area contributed by atoms with Crippen LogP contribution in [0.25, 0.3) is 0 Å². The molecule has 0 amide bonds. The first-order chi connectivity index (χ1) is 8.91. The van der Waals surface area contributed by atoms with Crippen LogP contribution in [0.3, 0.4) is 0 Å². The highest BCUT2D eigenvalue weighted by molar-refractivity contribution is 9.10. The van der Waals surface area contributed by atoms with Crippen molar-refractivity contribution in [3.05, 3.63) is 39.9 Å². The van der Waals surface area contributed by atoms with Gasteiger partial charge in [0.05, 0.1) is 6.61 Å². The molecule has 1 aromatic carbocycles. The molecular weight excluding hydrogens is 302 g/mol. The van der Waals surface area contributed by atoms with Crippen LogP contribution in [0.4, 0.5) is 5.69 Å². The molecule has 0 unspecified atom stereocenters. The van der Waals surface area contributed by atoms with Crippen molar-refractivity contribution in [1.29, 1.82) is 0 Å². The number of aliphatic hydroxyl groups excluding tert-OH is 1. The van der Waals surface area contributed by atoms with Crippen LogP contribution in [0.15, 0.2) is 34.3 Å². The SMILES string of the molecule is CC(C)(C)C1=CCN(c2cc(Br)ccc2CO)CC1. The minimum atomic E-state index is 0.0922. The van der Waals surface area contributed by atoms with E-state index in [9.17, 15) is 5.11 Å². The summed E-state index contributed by atoms with van der Waals surface area (Å²) in [6.45, 7) is 8.85. The number of hydrogen-bond donors (Lipinski definition) is 1. The first kappa shape index (κ1) is 14.6. The second kappa shape index (κ2) is 5.68. The zero-order valence-corrected chi connectivity index (χ0v) is 13.5. The fraction of sp³-hybridized carbons (Fsp3) is 0.500. The molecule has 0 fully saturated rings. The highest BCUT2D eigenvalue weighted by Crippen LogP contribution is 2.33. The third-order valence-electron chi connectivity index (χ3n) is 3.73. The molecule has 19 heavy (non-hydrogen) atoms. The van der Waals surface area contributed by atoms with E-state index in [1.807, 2.05) is 12.1 Å². The quantitative estimate of drug-likeness (QED) is 0.827. The molecule has 2 rings (SSSR count). The average molecular weight is 324 g/mol. The Morgan fingerprint density at radius 3 is 2.58 bits per heavy atom. The molecular formula is C16H22BrNO. The zero-order chi connectivity index (χ0) is 14.0. The summed E-state index contributed by atoms with van der Waals surface area (Å²) in [4.78, 5) is 2.34. The maximum Gasteiger partial charge on any atom is 0.0702 e. The Kier molecular flexibility index (Phi) is 4.36. The Morgan fingerprint density at radius 2 is 2.05 bits per heavy atom. The van der Waals surface area contributed by atoms with E-state index in [1.165, 1.54) is 5.57 Å². The van der Waals surface area contributed by atoms with Gasteiger partial charge in [0.2, 0.25) is 0 Å². The van der Waals surface area contributed by atoms with Crippen LogP contribution in [0.1, 0.15) is 32.8 Å². The third-order valence-corrected chi connectivity index (χ3v) is 4.22. The van der Waals surface area contributed by atoms with Crippen molar-refractivity contribution in [3.8, 4) is 0 Å². The van der Waals surface area contributed by atoms with Crippen molar-refractivity contribution in [1.82, 2.24) is 0 Å². The summed E-state index contributed by atoms with van der Waals surface area (Å²) in [5.41, 5.74) is 3.93. The largest absolute Gasteiger partial charge is 0.392 e. The molecule has 0 aromatic heterocycles. The predicted octanol–water partition coefficient (Wildman–Crippen LogP) is 4.12. The summed E-state index contributed by atoms with van der Waals surface area (Å²) in [6.07, 6.45) is 3.44. The lowest BCUT2D eigenvalue weighted by molar-refractivity contribution is 0.282. The lowest BCUT2D eigenvalue weighted by Crippen LogP contribution is -2.31. The maximum atomic E-state index is 9.46. The van der Waals surface area contributed by atoms with Gasteiger partial charge in [0.25, 0.3) is 0 Å². The first-order valence-electron chi connectivity index (χ1n) is 6.75.